The topological polar surface area (TPSA) is 68.3 Å². The molecule has 136 valence electrons. The third-order valence-corrected chi connectivity index (χ3v) is 4.65. The van der Waals surface area contributed by atoms with Crippen LogP contribution in [0.3, 0.4) is 0 Å². The van der Waals surface area contributed by atoms with E-state index in [9.17, 15) is 9.59 Å². The van der Waals surface area contributed by atoms with Gasteiger partial charge in [0.2, 0.25) is 0 Å². The van der Waals surface area contributed by atoms with Crippen molar-refractivity contribution in [3.63, 3.8) is 0 Å². The van der Waals surface area contributed by atoms with Crippen LogP contribution < -0.4 is 10.1 Å². The van der Waals surface area contributed by atoms with Crippen LogP contribution in [0.1, 0.15) is 20.7 Å². The van der Waals surface area contributed by atoms with Crippen LogP contribution in [0.2, 0.25) is 5.02 Å². The molecule has 1 amide bonds. The van der Waals surface area contributed by atoms with Gasteiger partial charge in [-0.05, 0) is 54.8 Å². The third kappa shape index (κ3) is 4.67. The van der Waals surface area contributed by atoms with Crippen molar-refractivity contribution in [2.24, 2.45) is 0 Å². The quantitative estimate of drug-likeness (QED) is 0.375. The summed E-state index contributed by atoms with van der Waals surface area (Å²) in [5.74, 6) is -0.500. The number of rotatable bonds is 5. The Morgan fingerprint density at radius 3 is 2.48 bits per heavy atom. The largest absolute Gasteiger partial charge is 0.421 e. The first-order valence-corrected chi connectivity index (χ1v) is 9.56. The van der Waals surface area contributed by atoms with Crippen LogP contribution in [0, 0.1) is 0 Å². The Labute approximate surface area is 165 Å². The van der Waals surface area contributed by atoms with Crippen molar-refractivity contribution in [3.05, 3.63) is 83.0 Å². The molecule has 0 aliphatic heterocycles. The van der Waals surface area contributed by atoms with Crippen molar-refractivity contribution in [1.29, 1.82) is 0 Å². The highest BCUT2D eigenvalue weighted by atomic mass is 35.5. The Morgan fingerprint density at radius 1 is 1.04 bits per heavy atom. The molecule has 0 aliphatic carbocycles. The molecule has 5 nitrogen and oxygen atoms in total. The van der Waals surface area contributed by atoms with Gasteiger partial charge in [0.15, 0.2) is 0 Å². The SMILES string of the molecule is CSc1ncccc1C(=O)Nc1ccc(C(=O)Oc2ccccc2Cl)cc1. The van der Waals surface area contributed by atoms with Gasteiger partial charge in [-0.15, -0.1) is 11.8 Å². The summed E-state index contributed by atoms with van der Waals surface area (Å²) in [5.41, 5.74) is 1.40. The molecule has 1 aromatic heterocycles. The van der Waals surface area contributed by atoms with Gasteiger partial charge in [-0.25, -0.2) is 9.78 Å². The van der Waals surface area contributed by atoms with E-state index in [1.54, 1.807) is 66.9 Å². The summed E-state index contributed by atoms with van der Waals surface area (Å²) in [6.45, 7) is 0. The van der Waals surface area contributed by atoms with Gasteiger partial charge < -0.3 is 10.1 Å². The molecule has 1 heterocycles. The first kappa shape index (κ1) is 18.9. The number of nitrogens with one attached hydrogen (secondary N) is 1. The van der Waals surface area contributed by atoms with Crippen LogP contribution in [-0.4, -0.2) is 23.1 Å². The number of ether oxygens (including phenoxy) is 1. The highest BCUT2D eigenvalue weighted by Crippen LogP contribution is 2.24. The number of hydrogen-bond donors (Lipinski definition) is 1. The fourth-order valence-corrected chi connectivity index (χ4v) is 3.02. The number of anilines is 1. The van der Waals surface area contributed by atoms with Crippen molar-refractivity contribution in [3.8, 4) is 5.75 Å². The van der Waals surface area contributed by atoms with Crippen LogP contribution in [0.25, 0.3) is 0 Å². The summed E-state index contributed by atoms with van der Waals surface area (Å²) in [6.07, 6.45) is 3.50. The summed E-state index contributed by atoms with van der Waals surface area (Å²) in [7, 11) is 0. The first-order valence-electron chi connectivity index (χ1n) is 7.95. The number of aromatic nitrogens is 1. The van der Waals surface area contributed by atoms with E-state index in [4.69, 9.17) is 16.3 Å². The molecule has 2 aromatic carbocycles. The zero-order valence-electron chi connectivity index (χ0n) is 14.3. The first-order chi connectivity index (χ1) is 13.1. The fraction of sp³-hybridized carbons (Fsp3) is 0.0500. The monoisotopic (exact) mass is 398 g/mol. The van der Waals surface area contributed by atoms with Gasteiger partial charge in [-0.2, -0.15) is 0 Å². The molecule has 3 rings (SSSR count). The predicted octanol–water partition coefficient (Wildman–Crippen LogP) is 4.93. The van der Waals surface area contributed by atoms with Gasteiger partial charge in [0.25, 0.3) is 5.91 Å². The number of carbonyl (C=O) groups excluding carboxylic acids is 2. The molecule has 7 heteroatoms. The second-order valence-corrected chi connectivity index (χ2v) is 6.61. The summed E-state index contributed by atoms with van der Waals surface area (Å²) in [6, 6.07) is 16.6. The molecular weight excluding hydrogens is 384 g/mol. The highest BCUT2D eigenvalue weighted by molar-refractivity contribution is 7.98. The van der Waals surface area contributed by atoms with Crippen LogP contribution >= 0.6 is 23.4 Å². The summed E-state index contributed by atoms with van der Waals surface area (Å²) in [5, 5.41) is 3.80. The van der Waals surface area contributed by atoms with Gasteiger partial charge in [-0.1, -0.05) is 23.7 Å². The maximum absolute atomic E-state index is 12.4. The molecule has 0 atom stereocenters. The predicted molar refractivity (Wildman–Crippen MR) is 107 cm³/mol. The minimum absolute atomic E-state index is 0.265. The fourth-order valence-electron chi connectivity index (χ4n) is 2.30. The lowest BCUT2D eigenvalue weighted by atomic mass is 10.2. The van der Waals surface area contributed by atoms with Crippen LogP contribution in [-0.2, 0) is 0 Å². The van der Waals surface area contributed by atoms with E-state index in [0.29, 0.717) is 32.6 Å². The van der Waals surface area contributed by atoms with Gasteiger partial charge in [-0.3, -0.25) is 4.79 Å². The molecule has 0 fully saturated rings. The van der Waals surface area contributed by atoms with Gasteiger partial charge in [0.05, 0.1) is 16.1 Å². The molecule has 27 heavy (non-hydrogen) atoms. The number of pyridine rings is 1. The van der Waals surface area contributed by atoms with E-state index in [1.807, 2.05) is 6.26 Å². The number of hydrogen-bond acceptors (Lipinski definition) is 5. The smallest absolute Gasteiger partial charge is 0.343 e. The highest BCUT2D eigenvalue weighted by Gasteiger charge is 2.13. The molecule has 1 N–H and O–H groups in total. The third-order valence-electron chi connectivity index (χ3n) is 3.63. The van der Waals surface area contributed by atoms with E-state index in [-0.39, 0.29) is 5.91 Å². The zero-order valence-corrected chi connectivity index (χ0v) is 15.9. The number of halogens is 1. The summed E-state index contributed by atoms with van der Waals surface area (Å²) in [4.78, 5) is 28.8. The zero-order chi connectivity index (χ0) is 19.2. The van der Waals surface area contributed by atoms with Crippen molar-refractivity contribution in [2.45, 2.75) is 5.03 Å². The van der Waals surface area contributed by atoms with E-state index in [1.165, 1.54) is 11.8 Å². The van der Waals surface area contributed by atoms with Gasteiger partial charge in [0.1, 0.15) is 10.8 Å². The Balaban J connectivity index is 1.69. The molecule has 0 saturated heterocycles. The molecule has 3 aromatic rings. The number of benzene rings is 2. The lowest BCUT2D eigenvalue weighted by molar-refractivity contribution is 0.0734. The Kier molecular flexibility index (Phi) is 6.11. The number of carbonyl (C=O) groups is 2. The molecule has 0 saturated carbocycles. The van der Waals surface area contributed by atoms with Crippen molar-refractivity contribution in [1.82, 2.24) is 4.98 Å². The normalized spacial score (nSPS) is 10.3. The molecule has 0 spiro atoms. The van der Waals surface area contributed by atoms with E-state index >= 15 is 0 Å². The average Bonchev–Trinajstić information content (AvgIpc) is 2.70. The van der Waals surface area contributed by atoms with Crippen molar-refractivity contribution in [2.75, 3.05) is 11.6 Å². The van der Waals surface area contributed by atoms with Crippen molar-refractivity contribution >= 4 is 40.9 Å². The number of amides is 1. The lowest BCUT2D eigenvalue weighted by Crippen LogP contribution is -2.14. The van der Waals surface area contributed by atoms with Crippen molar-refractivity contribution < 1.29 is 14.3 Å². The average molecular weight is 399 g/mol. The summed E-state index contributed by atoms with van der Waals surface area (Å²) < 4.78 is 5.28. The minimum Gasteiger partial charge on any atom is -0.421 e. The van der Waals surface area contributed by atoms with Crippen LogP contribution in [0.5, 0.6) is 5.75 Å². The van der Waals surface area contributed by atoms with E-state index < -0.39 is 5.97 Å². The number of nitrogens with zero attached hydrogens (tertiary/aromatic N) is 1. The van der Waals surface area contributed by atoms with E-state index in [2.05, 4.69) is 10.3 Å². The Morgan fingerprint density at radius 2 is 1.78 bits per heavy atom. The molecular formula is C20H15ClN2O3S. The van der Waals surface area contributed by atoms with Gasteiger partial charge >= 0.3 is 5.97 Å². The number of esters is 1. The molecule has 0 radical (unpaired) electrons. The van der Waals surface area contributed by atoms with Gasteiger partial charge in [0, 0.05) is 11.9 Å². The Bertz CT molecular complexity index is 977. The van der Waals surface area contributed by atoms with E-state index in [0.717, 1.165) is 0 Å². The van der Waals surface area contributed by atoms with Crippen LogP contribution in [0.15, 0.2) is 71.9 Å². The second kappa shape index (κ2) is 8.70. The standard InChI is InChI=1S/C20H15ClN2O3S/c1-27-19-15(5-4-12-22-19)18(24)23-14-10-8-13(9-11-14)20(25)26-17-7-3-2-6-16(17)21/h2-12H,1H3,(H,23,24). The molecule has 0 aliphatic rings. The maximum atomic E-state index is 12.4. The van der Waals surface area contributed by atoms with Crippen LogP contribution in [0.4, 0.5) is 5.69 Å². The molecule has 0 unspecified atom stereocenters. The number of thioether (sulfide) groups is 1. The lowest BCUT2D eigenvalue weighted by Gasteiger charge is -2.09. The summed E-state index contributed by atoms with van der Waals surface area (Å²) >= 11 is 7.39. The number of para-hydroxylation sites is 1. The Hall–Kier alpha value is -2.83. The maximum Gasteiger partial charge on any atom is 0.343 e. The second-order valence-electron chi connectivity index (χ2n) is 5.41. The molecule has 0 bridgehead atoms. The minimum atomic E-state index is -0.530.